The van der Waals surface area contributed by atoms with Crippen LogP contribution in [0.1, 0.15) is 25.7 Å². The number of ketones is 1. The first kappa shape index (κ1) is 11.1. The molecule has 0 unspecified atom stereocenters. The van der Waals surface area contributed by atoms with Gasteiger partial charge in [0.25, 0.3) is 0 Å². The molecular formula is C12H21NO2. The molecule has 0 N–H and O–H groups in total. The maximum atomic E-state index is 11.6. The molecular weight excluding hydrogens is 190 g/mol. The number of likely N-dealkylation sites (N-methyl/N-ethyl adjacent to an activating group) is 1. The van der Waals surface area contributed by atoms with Crippen molar-refractivity contribution in [3.8, 4) is 0 Å². The van der Waals surface area contributed by atoms with Crippen molar-refractivity contribution >= 4 is 5.78 Å². The third-order valence-electron chi connectivity index (χ3n) is 3.37. The van der Waals surface area contributed by atoms with Crippen molar-refractivity contribution in [3.05, 3.63) is 0 Å². The van der Waals surface area contributed by atoms with Crippen LogP contribution in [0.15, 0.2) is 0 Å². The van der Waals surface area contributed by atoms with Gasteiger partial charge >= 0.3 is 0 Å². The Bertz CT molecular complexity index is 220. The average molecular weight is 211 g/mol. The zero-order valence-electron chi connectivity index (χ0n) is 9.58. The number of carbonyl (C=O) groups excluding carboxylic acids is 1. The van der Waals surface area contributed by atoms with E-state index in [2.05, 4.69) is 11.9 Å². The van der Waals surface area contributed by atoms with E-state index in [-0.39, 0.29) is 0 Å². The number of nitrogens with zero attached hydrogens (tertiary/aromatic N) is 1. The zero-order chi connectivity index (χ0) is 10.7. The lowest BCUT2D eigenvalue weighted by Gasteiger charge is -2.26. The maximum absolute atomic E-state index is 11.6. The maximum Gasteiger partial charge on any atom is 0.149 e. The molecule has 2 fully saturated rings. The van der Waals surface area contributed by atoms with Crippen LogP contribution in [0, 0.1) is 11.8 Å². The summed E-state index contributed by atoms with van der Waals surface area (Å²) < 4.78 is 5.33. The molecule has 3 heteroatoms. The molecule has 1 saturated carbocycles. The second kappa shape index (κ2) is 5.08. The van der Waals surface area contributed by atoms with Crippen LogP contribution >= 0.6 is 0 Å². The summed E-state index contributed by atoms with van der Waals surface area (Å²) in [4.78, 5) is 13.8. The van der Waals surface area contributed by atoms with Crippen LogP contribution in [0.2, 0.25) is 0 Å². The van der Waals surface area contributed by atoms with E-state index in [1.54, 1.807) is 0 Å². The van der Waals surface area contributed by atoms with E-state index in [0.29, 0.717) is 18.2 Å². The van der Waals surface area contributed by atoms with Crippen molar-refractivity contribution < 1.29 is 9.53 Å². The minimum atomic E-state index is 0.405. The Hall–Kier alpha value is -0.410. The van der Waals surface area contributed by atoms with Crippen molar-refractivity contribution in [2.24, 2.45) is 11.8 Å². The predicted octanol–water partition coefficient (Wildman–Crippen LogP) is 1.32. The average Bonchev–Trinajstić information content (AvgIpc) is 3.01. The zero-order valence-corrected chi connectivity index (χ0v) is 9.58. The van der Waals surface area contributed by atoms with Crippen LogP contribution in [0.3, 0.4) is 0 Å². The Morgan fingerprint density at radius 1 is 1.27 bits per heavy atom. The third kappa shape index (κ3) is 3.58. The largest absolute Gasteiger partial charge is 0.381 e. The van der Waals surface area contributed by atoms with Crippen LogP contribution in [-0.4, -0.2) is 44.0 Å². The Kier molecular flexibility index (Phi) is 3.76. The van der Waals surface area contributed by atoms with Gasteiger partial charge in [0, 0.05) is 25.7 Å². The number of rotatable bonds is 5. The molecule has 1 heterocycles. The molecule has 2 rings (SSSR count). The normalized spacial score (nSPS) is 23.3. The molecule has 0 bridgehead atoms. The Morgan fingerprint density at radius 2 is 1.93 bits per heavy atom. The highest BCUT2D eigenvalue weighted by atomic mass is 16.5. The molecule has 0 atom stereocenters. The second-order valence-electron chi connectivity index (χ2n) is 4.99. The number of hydrogen-bond donors (Lipinski definition) is 0. The van der Waals surface area contributed by atoms with Crippen molar-refractivity contribution in [3.63, 3.8) is 0 Å². The van der Waals surface area contributed by atoms with Gasteiger partial charge in [0.15, 0.2) is 0 Å². The molecule has 0 aromatic carbocycles. The highest BCUT2D eigenvalue weighted by Gasteiger charge is 2.30. The quantitative estimate of drug-likeness (QED) is 0.687. The Balaban J connectivity index is 1.66. The summed E-state index contributed by atoms with van der Waals surface area (Å²) in [5.41, 5.74) is 0. The van der Waals surface area contributed by atoms with Gasteiger partial charge in [0.2, 0.25) is 0 Å². The summed E-state index contributed by atoms with van der Waals surface area (Å²) in [6, 6.07) is 0. The van der Waals surface area contributed by atoms with Crippen LogP contribution in [0.4, 0.5) is 0 Å². The fourth-order valence-corrected chi connectivity index (χ4v) is 2.23. The van der Waals surface area contributed by atoms with Crippen LogP contribution in [-0.2, 0) is 9.53 Å². The Labute approximate surface area is 91.8 Å². The van der Waals surface area contributed by atoms with Gasteiger partial charge < -0.3 is 4.74 Å². The fraction of sp³-hybridized carbons (Fsp3) is 0.917. The molecule has 2 aliphatic rings. The van der Waals surface area contributed by atoms with Gasteiger partial charge in [-0.3, -0.25) is 9.69 Å². The van der Waals surface area contributed by atoms with E-state index in [1.165, 1.54) is 0 Å². The van der Waals surface area contributed by atoms with E-state index in [4.69, 9.17) is 4.74 Å². The minimum absolute atomic E-state index is 0.405. The van der Waals surface area contributed by atoms with Gasteiger partial charge in [-0.25, -0.2) is 0 Å². The molecule has 0 radical (unpaired) electrons. The highest BCUT2D eigenvalue weighted by Crippen LogP contribution is 2.30. The van der Waals surface area contributed by atoms with Gasteiger partial charge in [-0.05, 0) is 38.6 Å². The monoisotopic (exact) mass is 211 g/mol. The summed E-state index contributed by atoms with van der Waals surface area (Å²) in [6.07, 6.45) is 4.57. The van der Waals surface area contributed by atoms with E-state index in [0.717, 1.165) is 51.4 Å². The molecule has 0 spiro atoms. The Morgan fingerprint density at radius 3 is 2.53 bits per heavy atom. The van der Waals surface area contributed by atoms with Crippen molar-refractivity contribution in [1.82, 2.24) is 4.90 Å². The van der Waals surface area contributed by atoms with E-state index in [1.807, 2.05) is 0 Å². The van der Waals surface area contributed by atoms with Crippen molar-refractivity contribution in [2.75, 3.05) is 33.4 Å². The first-order valence-corrected chi connectivity index (χ1v) is 6.04. The molecule has 1 saturated heterocycles. The lowest BCUT2D eigenvalue weighted by Crippen LogP contribution is -2.33. The summed E-state index contributed by atoms with van der Waals surface area (Å²) in [5, 5.41) is 0. The first-order chi connectivity index (χ1) is 7.25. The van der Waals surface area contributed by atoms with Gasteiger partial charge in [-0.15, -0.1) is 0 Å². The van der Waals surface area contributed by atoms with Gasteiger partial charge in [-0.2, -0.15) is 0 Å². The highest BCUT2D eigenvalue weighted by molar-refractivity contribution is 5.84. The number of Topliss-reactive ketones (excluding diaryl/α,β-unsaturated/α-hetero) is 1. The molecule has 86 valence electrons. The lowest BCUT2D eigenvalue weighted by molar-refractivity contribution is -0.121. The minimum Gasteiger partial charge on any atom is -0.381 e. The van der Waals surface area contributed by atoms with Crippen LogP contribution < -0.4 is 0 Å². The van der Waals surface area contributed by atoms with E-state index in [9.17, 15) is 4.79 Å². The topological polar surface area (TPSA) is 29.5 Å². The van der Waals surface area contributed by atoms with Gasteiger partial charge in [0.1, 0.15) is 5.78 Å². The molecule has 0 aromatic rings. The molecule has 15 heavy (non-hydrogen) atoms. The first-order valence-electron chi connectivity index (χ1n) is 6.04. The molecule has 0 aromatic heterocycles. The van der Waals surface area contributed by atoms with Crippen LogP contribution in [0.5, 0.6) is 0 Å². The van der Waals surface area contributed by atoms with E-state index < -0.39 is 0 Å². The summed E-state index contributed by atoms with van der Waals surface area (Å²) in [7, 11) is 2.07. The van der Waals surface area contributed by atoms with Crippen LogP contribution in [0.25, 0.3) is 0 Å². The van der Waals surface area contributed by atoms with E-state index >= 15 is 0 Å². The predicted molar refractivity (Wildman–Crippen MR) is 58.8 cm³/mol. The number of ether oxygens (including phenoxy) is 1. The standard InChI is InChI=1S/C12H21NO2/c1-13(9-12(14)11-2-3-11)8-10-4-6-15-7-5-10/h10-11H,2-9H2,1H3. The van der Waals surface area contributed by atoms with Gasteiger partial charge in [-0.1, -0.05) is 0 Å². The molecule has 3 nitrogen and oxygen atoms in total. The van der Waals surface area contributed by atoms with Gasteiger partial charge in [0.05, 0.1) is 6.54 Å². The second-order valence-corrected chi connectivity index (χ2v) is 4.99. The summed E-state index contributed by atoms with van der Waals surface area (Å²) >= 11 is 0. The lowest BCUT2D eigenvalue weighted by atomic mass is 10.00. The molecule has 1 aliphatic heterocycles. The SMILES string of the molecule is CN(CC(=O)C1CC1)CC1CCOCC1. The fourth-order valence-electron chi connectivity index (χ4n) is 2.23. The third-order valence-corrected chi connectivity index (χ3v) is 3.37. The molecule has 0 amide bonds. The smallest absolute Gasteiger partial charge is 0.149 e. The number of carbonyl (C=O) groups is 1. The molecule has 1 aliphatic carbocycles. The van der Waals surface area contributed by atoms with Crippen molar-refractivity contribution in [2.45, 2.75) is 25.7 Å². The summed E-state index contributed by atoms with van der Waals surface area (Å²) in [6.45, 7) is 3.51. The summed E-state index contributed by atoms with van der Waals surface area (Å²) in [5.74, 6) is 1.59. The number of hydrogen-bond acceptors (Lipinski definition) is 3. The van der Waals surface area contributed by atoms with Crippen molar-refractivity contribution in [1.29, 1.82) is 0 Å².